The Morgan fingerprint density at radius 3 is 2.47 bits per heavy atom. The number of rotatable bonds is 2. The summed E-state index contributed by atoms with van der Waals surface area (Å²) in [6.07, 6.45) is 1.61. The maximum absolute atomic E-state index is 11.2. The zero-order chi connectivity index (χ0) is 11.8. The minimum atomic E-state index is -0.185. The van der Waals surface area contributed by atoms with Crippen LogP contribution in [-0.2, 0) is 4.79 Å². The molecule has 1 aromatic rings. The van der Waals surface area contributed by atoms with Crippen LogP contribution in [0.2, 0.25) is 5.15 Å². The van der Waals surface area contributed by atoms with E-state index in [2.05, 4.69) is 10.3 Å². The largest absolute Gasteiger partial charge is 0.359 e. The Morgan fingerprint density at radius 1 is 1.47 bits per heavy atom. The molecule has 0 aromatic carbocycles. The molecule has 1 N–H and O–H groups in total. The van der Waals surface area contributed by atoms with Gasteiger partial charge in [-0.1, -0.05) is 31.5 Å². The summed E-state index contributed by atoms with van der Waals surface area (Å²) in [7, 11) is 1.61. The van der Waals surface area contributed by atoms with Gasteiger partial charge >= 0.3 is 0 Å². The van der Waals surface area contributed by atoms with Gasteiger partial charge in [-0.15, -0.1) is 0 Å². The lowest BCUT2D eigenvalue weighted by Gasteiger charge is -2.08. The summed E-state index contributed by atoms with van der Waals surface area (Å²) in [6, 6.07) is 3.48. The fourth-order valence-electron chi connectivity index (χ4n) is 1.01. The molecule has 0 aliphatic heterocycles. The van der Waals surface area contributed by atoms with E-state index in [-0.39, 0.29) is 11.8 Å². The summed E-state index contributed by atoms with van der Waals surface area (Å²) >= 11 is 5.62. The molecule has 84 valence electrons. The van der Waals surface area contributed by atoms with Gasteiger partial charge < -0.3 is 5.32 Å². The fourth-order valence-corrected chi connectivity index (χ4v) is 1.12. The Kier molecular flexibility index (Phi) is 6.71. The van der Waals surface area contributed by atoms with Crippen LogP contribution in [0.15, 0.2) is 18.3 Å². The Balaban J connectivity index is 0.000000921. The highest BCUT2D eigenvalue weighted by atomic mass is 35.5. The van der Waals surface area contributed by atoms with E-state index in [9.17, 15) is 4.79 Å². The molecule has 0 fully saturated rings. The molecule has 1 heterocycles. The molecule has 1 aromatic heterocycles. The predicted molar refractivity (Wildman–Crippen MR) is 63.1 cm³/mol. The second-order valence-electron chi connectivity index (χ2n) is 2.75. The molecule has 1 unspecified atom stereocenters. The van der Waals surface area contributed by atoms with Gasteiger partial charge in [0.05, 0.1) is 5.92 Å². The predicted octanol–water partition coefficient (Wildman–Crippen LogP) is 2.61. The van der Waals surface area contributed by atoms with E-state index in [0.29, 0.717) is 5.15 Å². The number of nitrogens with one attached hydrogen (secondary N) is 1. The zero-order valence-corrected chi connectivity index (χ0v) is 10.3. The number of hydrogen-bond donors (Lipinski definition) is 1. The van der Waals surface area contributed by atoms with E-state index in [1.54, 1.807) is 25.4 Å². The first-order chi connectivity index (χ1) is 7.15. The molecule has 0 saturated heterocycles. The standard InChI is InChI=1S/C9H11ClN2O.C2H6/c1-6(9(13)11-2)7-3-4-8(10)12-5-7;1-2/h3-6H,1-2H3,(H,11,13);1-2H3. The van der Waals surface area contributed by atoms with Crippen molar-refractivity contribution in [3.63, 3.8) is 0 Å². The van der Waals surface area contributed by atoms with Crippen molar-refractivity contribution in [3.05, 3.63) is 29.0 Å². The molecule has 1 rings (SSSR count). The highest BCUT2D eigenvalue weighted by molar-refractivity contribution is 6.29. The lowest BCUT2D eigenvalue weighted by Crippen LogP contribution is -2.23. The zero-order valence-electron chi connectivity index (χ0n) is 9.54. The van der Waals surface area contributed by atoms with Gasteiger partial charge in [-0.2, -0.15) is 0 Å². The lowest BCUT2D eigenvalue weighted by atomic mass is 10.0. The third-order valence-electron chi connectivity index (χ3n) is 1.89. The van der Waals surface area contributed by atoms with Crippen LogP contribution < -0.4 is 5.32 Å². The van der Waals surface area contributed by atoms with Gasteiger partial charge in [0.2, 0.25) is 5.91 Å². The monoisotopic (exact) mass is 228 g/mol. The van der Waals surface area contributed by atoms with E-state index >= 15 is 0 Å². The van der Waals surface area contributed by atoms with Crippen molar-refractivity contribution < 1.29 is 4.79 Å². The second-order valence-corrected chi connectivity index (χ2v) is 3.14. The summed E-state index contributed by atoms with van der Waals surface area (Å²) in [5, 5.41) is 3.02. The molecule has 0 radical (unpaired) electrons. The normalized spacial score (nSPS) is 11.0. The van der Waals surface area contributed by atoms with Gasteiger partial charge in [-0.25, -0.2) is 4.98 Å². The van der Waals surface area contributed by atoms with Gasteiger partial charge in [0.15, 0.2) is 0 Å². The minimum absolute atomic E-state index is 0.0240. The molecule has 1 amide bonds. The van der Waals surface area contributed by atoms with Gasteiger partial charge in [-0.05, 0) is 18.6 Å². The van der Waals surface area contributed by atoms with Crippen LogP contribution in [0.25, 0.3) is 0 Å². The van der Waals surface area contributed by atoms with E-state index in [4.69, 9.17) is 11.6 Å². The smallest absolute Gasteiger partial charge is 0.227 e. The topological polar surface area (TPSA) is 42.0 Å². The van der Waals surface area contributed by atoms with Crippen LogP contribution in [0, 0.1) is 0 Å². The molecule has 0 saturated carbocycles. The molecular formula is C11H17ClN2O. The first-order valence-corrected chi connectivity index (χ1v) is 5.36. The Labute approximate surface area is 95.9 Å². The molecule has 1 atom stereocenters. The Bertz CT molecular complexity index is 298. The van der Waals surface area contributed by atoms with Gasteiger partial charge in [0.25, 0.3) is 0 Å². The van der Waals surface area contributed by atoms with Crippen LogP contribution in [-0.4, -0.2) is 17.9 Å². The van der Waals surface area contributed by atoms with Crippen LogP contribution in [0.3, 0.4) is 0 Å². The number of likely N-dealkylation sites (N-methyl/N-ethyl adjacent to an activating group) is 1. The van der Waals surface area contributed by atoms with Crippen molar-refractivity contribution in [1.82, 2.24) is 10.3 Å². The van der Waals surface area contributed by atoms with Crippen LogP contribution >= 0.6 is 11.6 Å². The van der Waals surface area contributed by atoms with Crippen molar-refractivity contribution in [3.8, 4) is 0 Å². The van der Waals surface area contributed by atoms with E-state index in [1.807, 2.05) is 20.8 Å². The van der Waals surface area contributed by atoms with Crippen LogP contribution in [0.1, 0.15) is 32.3 Å². The third kappa shape index (κ3) is 4.30. The molecule has 3 nitrogen and oxygen atoms in total. The minimum Gasteiger partial charge on any atom is -0.359 e. The van der Waals surface area contributed by atoms with Gasteiger partial charge in [0, 0.05) is 13.2 Å². The molecule has 4 heteroatoms. The van der Waals surface area contributed by atoms with Crippen molar-refractivity contribution in [2.75, 3.05) is 7.05 Å². The maximum atomic E-state index is 11.2. The third-order valence-corrected chi connectivity index (χ3v) is 2.11. The van der Waals surface area contributed by atoms with Crippen molar-refractivity contribution >= 4 is 17.5 Å². The number of nitrogens with zero attached hydrogens (tertiary/aromatic N) is 1. The number of hydrogen-bond acceptors (Lipinski definition) is 2. The Hall–Kier alpha value is -1.09. The molecule has 0 aliphatic rings. The number of amides is 1. The first kappa shape index (κ1) is 13.9. The molecule has 0 bridgehead atoms. The SMILES string of the molecule is CC.CNC(=O)C(C)c1ccc(Cl)nc1. The van der Waals surface area contributed by atoms with Crippen molar-refractivity contribution in [2.45, 2.75) is 26.7 Å². The number of carbonyl (C=O) groups excluding carboxylic acids is 1. The van der Waals surface area contributed by atoms with Crippen LogP contribution in [0.5, 0.6) is 0 Å². The number of pyridine rings is 1. The highest BCUT2D eigenvalue weighted by Crippen LogP contribution is 2.15. The summed E-state index contributed by atoms with van der Waals surface area (Å²) in [5.74, 6) is -0.209. The van der Waals surface area contributed by atoms with E-state index < -0.39 is 0 Å². The highest BCUT2D eigenvalue weighted by Gasteiger charge is 2.13. The van der Waals surface area contributed by atoms with Crippen molar-refractivity contribution in [1.29, 1.82) is 0 Å². The van der Waals surface area contributed by atoms with E-state index in [1.165, 1.54) is 0 Å². The van der Waals surface area contributed by atoms with Gasteiger partial charge in [0.1, 0.15) is 5.15 Å². The summed E-state index contributed by atoms with van der Waals surface area (Å²) in [4.78, 5) is 15.1. The summed E-state index contributed by atoms with van der Waals surface area (Å²) < 4.78 is 0. The summed E-state index contributed by atoms with van der Waals surface area (Å²) in [6.45, 7) is 5.82. The molecule has 0 spiro atoms. The molecule has 15 heavy (non-hydrogen) atoms. The number of aromatic nitrogens is 1. The first-order valence-electron chi connectivity index (χ1n) is 4.98. The molecular weight excluding hydrogens is 212 g/mol. The summed E-state index contributed by atoms with van der Waals surface area (Å²) in [5.41, 5.74) is 0.865. The lowest BCUT2D eigenvalue weighted by molar-refractivity contribution is -0.121. The van der Waals surface area contributed by atoms with Gasteiger partial charge in [-0.3, -0.25) is 4.79 Å². The second kappa shape index (κ2) is 7.23. The van der Waals surface area contributed by atoms with Crippen LogP contribution in [0.4, 0.5) is 0 Å². The average molecular weight is 229 g/mol. The Morgan fingerprint density at radius 2 is 2.07 bits per heavy atom. The number of halogens is 1. The molecule has 0 aliphatic carbocycles. The number of carbonyl (C=O) groups is 1. The average Bonchev–Trinajstić information content (AvgIpc) is 2.31. The van der Waals surface area contributed by atoms with Crippen molar-refractivity contribution in [2.24, 2.45) is 0 Å². The maximum Gasteiger partial charge on any atom is 0.227 e. The fraction of sp³-hybridized carbons (Fsp3) is 0.455. The quantitative estimate of drug-likeness (QED) is 0.791. The van der Waals surface area contributed by atoms with E-state index in [0.717, 1.165) is 5.56 Å².